The van der Waals surface area contributed by atoms with E-state index in [9.17, 15) is 4.79 Å². The number of benzene rings is 1. The molecule has 0 saturated heterocycles. The number of carboxylic acids is 1. The van der Waals surface area contributed by atoms with Gasteiger partial charge in [0.15, 0.2) is 0 Å². The van der Waals surface area contributed by atoms with Gasteiger partial charge in [0.2, 0.25) is 0 Å². The van der Waals surface area contributed by atoms with Crippen molar-refractivity contribution in [2.75, 3.05) is 6.61 Å². The zero-order valence-electron chi connectivity index (χ0n) is 11.5. The van der Waals surface area contributed by atoms with Crippen LogP contribution >= 0.6 is 0 Å². The van der Waals surface area contributed by atoms with E-state index < -0.39 is 5.97 Å². The molecule has 0 aliphatic rings. The molecule has 0 amide bonds. The monoisotopic (exact) mass is 285 g/mol. The Labute approximate surface area is 122 Å². The van der Waals surface area contributed by atoms with Crippen molar-refractivity contribution in [3.8, 4) is 17.2 Å². The van der Waals surface area contributed by atoms with Crippen molar-refractivity contribution in [3.63, 3.8) is 0 Å². The van der Waals surface area contributed by atoms with Crippen molar-refractivity contribution in [2.45, 2.75) is 6.92 Å². The molecule has 1 heterocycles. The van der Waals surface area contributed by atoms with E-state index in [1.807, 2.05) is 19.1 Å². The maximum absolute atomic E-state index is 10.5. The number of rotatable bonds is 6. The number of ether oxygens (including phenoxy) is 2. The number of pyridine rings is 1. The Morgan fingerprint density at radius 1 is 1.19 bits per heavy atom. The first-order valence-electron chi connectivity index (χ1n) is 6.44. The quantitative estimate of drug-likeness (QED) is 0.824. The topological polar surface area (TPSA) is 68.7 Å². The highest BCUT2D eigenvalue weighted by molar-refractivity contribution is 5.85. The molecule has 0 aliphatic heterocycles. The Kier molecular flexibility index (Phi) is 4.93. The maximum Gasteiger partial charge on any atom is 0.328 e. The fraction of sp³-hybridized carbons (Fsp3) is 0.125. The van der Waals surface area contributed by atoms with E-state index in [2.05, 4.69) is 4.98 Å². The molecule has 0 radical (unpaired) electrons. The molecule has 0 fully saturated rings. The van der Waals surface area contributed by atoms with Gasteiger partial charge in [-0.3, -0.25) is 4.98 Å². The molecular formula is C16H15NO4. The Bertz CT molecular complexity index is 635. The lowest BCUT2D eigenvalue weighted by Gasteiger charge is -2.07. The molecule has 2 aromatic rings. The summed E-state index contributed by atoms with van der Waals surface area (Å²) in [4.78, 5) is 14.5. The fourth-order valence-corrected chi connectivity index (χ4v) is 1.66. The first-order chi connectivity index (χ1) is 10.2. The molecule has 1 N–H and O–H groups in total. The van der Waals surface area contributed by atoms with Crippen molar-refractivity contribution in [3.05, 3.63) is 54.4 Å². The minimum atomic E-state index is -1.01. The molecule has 1 aromatic heterocycles. The lowest BCUT2D eigenvalue weighted by Crippen LogP contribution is -1.91. The van der Waals surface area contributed by atoms with Gasteiger partial charge in [-0.2, -0.15) is 0 Å². The molecule has 2 rings (SSSR count). The second-order valence-electron chi connectivity index (χ2n) is 4.13. The van der Waals surface area contributed by atoms with Crippen LogP contribution in [0.3, 0.4) is 0 Å². The van der Waals surface area contributed by atoms with Crippen LogP contribution in [0.2, 0.25) is 0 Å². The SMILES string of the molecule is CCOc1ccc(Oc2cncc(/C=C/C(=O)O)c2)cc1. The highest BCUT2D eigenvalue weighted by atomic mass is 16.5. The number of aromatic nitrogens is 1. The minimum absolute atomic E-state index is 0.534. The van der Waals surface area contributed by atoms with Crippen molar-refractivity contribution in [1.29, 1.82) is 0 Å². The molecule has 0 bridgehead atoms. The minimum Gasteiger partial charge on any atom is -0.494 e. The maximum atomic E-state index is 10.5. The molecular weight excluding hydrogens is 270 g/mol. The smallest absolute Gasteiger partial charge is 0.328 e. The van der Waals surface area contributed by atoms with Crippen LogP contribution in [0, 0.1) is 0 Å². The lowest BCUT2D eigenvalue weighted by molar-refractivity contribution is -0.131. The van der Waals surface area contributed by atoms with E-state index in [0.29, 0.717) is 23.7 Å². The first kappa shape index (κ1) is 14.6. The Morgan fingerprint density at radius 2 is 1.90 bits per heavy atom. The van der Waals surface area contributed by atoms with Crippen LogP contribution in [0.4, 0.5) is 0 Å². The van der Waals surface area contributed by atoms with Crippen LogP contribution in [0.5, 0.6) is 17.2 Å². The number of aliphatic carboxylic acids is 1. The summed E-state index contributed by atoms with van der Waals surface area (Å²) in [5, 5.41) is 8.60. The van der Waals surface area contributed by atoms with E-state index >= 15 is 0 Å². The van der Waals surface area contributed by atoms with Gasteiger partial charge in [-0.15, -0.1) is 0 Å². The van der Waals surface area contributed by atoms with E-state index in [1.54, 1.807) is 30.6 Å². The van der Waals surface area contributed by atoms with E-state index in [1.165, 1.54) is 6.08 Å². The van der Waals surface area contributed by atoms with E-state index in [-0.39, 0.29) is 0 Å². The predicted molar refractivity (Wildman–Crippen MR) is 78.6 cm³/mol. The standard InChI is InChI=1S/C16H15NO4/c1-2-20-13-4-6-14(7-5-13)21-15-9-12(10-17-11-15)3-8-16(18)19/h3-11H,2H2,1H3,(H,18,19)/b8-3+. The molecule has 0 spiro atoms. The summed E-state index contributed by atoms with van der Waals surface area (Å²) in [5.74, 6) is 0.959. The van der Waals surface area contributed by atoms with Crippen molar-refractivity contribution in [1.82, 2.24) is 4.98 Å². The van der Waals surface area contributed by atoms with Crippen molar-refractivity contribution < 1.29 is 19.4 Å². The highest BCUT2D eigenvalue weighted by Gasteiger charge is 2.00. The van der Waals surface area contributed by atoms with Crippen LogP contribution in [0.15, 0.2) is 48.8 Å². The van der Waals surface area contributed by atoms with Crippen molar-refractivity contribution >= 4 is 12.0 Å². The summed E-state index contributed by atoms with van der Waals surface area (Å²) in [6.07, 6.45) is 5.64. The molecule has 5 nitrogen and oxygen atoms in total. The third kappa shape index (κ3) is 4.65. The third-order valence-electron chi connectivity index (χ3n) is 2.52. The lowest BCUT2D eigenvalue weighted by atomic mass is 10.2. The molecule has 108 valence electrons. The van der Waals surface area contributed by atoms with Gasteiger partial charge < -0.3 is 14.6 Å². The molecule has 21 heavy (non-hydrogen) atoms. The molecule has 0 atom stereocenters. The van der Waals surface area contributed by atoms with Crippen LogP contribution < -0.4 is 9.47 Å². The van der Waals surface area contributed by atoms with Crippen molar-refractivity contribution in [2.24, 2.45) is 0 Å². The summed E-state index contributed by atoms with van der Waals surface area (Å²) in [6, 6.07) is 8.94. The molecule has 0 aliphatic carbocycles. The number of nitrogens with zero attached hydrogens (tertiary/aromatic N) is 1. The molecule has 5 heteroatoms. The zero-order valence-corrected chi connectivity index (χ0v) is 11.5. The van der Waals surface area contributed by atoms with Gasteiger partial charge >= 0.3 is 5.97 Å². The van der Waals surface area contributed by atoms with Gasteiger partial charge in [-0.25, -0.2) is 4.79 Å². The highest BCUT2D eigenvalue weighted by Crippen LogP contribution is 2.24. The van der Waals surface area contributed by atoms with Gasteiger partial charge in [0.1, 0.15) is 17.2 Å². The average molecular weight is 285 g/mol. The molecule has 0 saturated carbocycles. The van der Waals surface area contributed by atoms with Gasteiger partial charge in [0.25, 0.3) is 0 Å². The number of carboxylic acid groups (broad SMARTS) is 1. The van der Waals surface area contributed by atoms with E-state index in [0.717, 1.165) is 11.8 Å². The van der Waals surface area contributed by atoms with Crippen LogP contribution in [0.1, 0.15) is 12.5 Å². The summed E-state index contributed by atoms with van der Waals surface area (Å²) in [6.45, 7) is 2.54. The molecule has 0 unspecified atom stereocenters. The Morgan fingerprint density at radius 3 is 2.57 bits per heavy atom. The van der Waals surface area contributed by atoms with Gasteiger partial charge in [-0.1, -0.05) is 0 Å². The predicted octanol–water partition coefficient (Wildman–Crippen LogP) is 3.37. The number of carbonyl (C=O) groups is 1. The number of hydrogen-bond donors (Lipinski definition) is 1. The second-order valence-corrected chi connectivity index (χ2v) is 4.13. The van der Waals surface area contributed by atoms with Crippen LogP contribution in [-0.4, -0.2) is 22.7 Å². The fourth-order valence-electron chi connectivity index (χ4n) is 1.66. The largest absolute Gasteiger partial charge is 0.494 e. The normalized spacial score (nSPS) is 10.5. The Hall–Kier alpha value is -2.82. The third-order valence-corrected chi connectivity index (χ3v) is 2.52. The number of hydrogen-bond acceptors (Lipinski definition) is 4. The average Bonchev–Trinajstić information content (AvgIpc) is 2.48. The van der Waals surface area contributed by atoms with Crippen LogP contribution in [-0.2, 0) is 4.79 Å². The molecule has 1 aromatic carbocycles. The van der Waals surface area contributed by atoms with Gasteiger partial charge in [-0.05, 0) is 48.9 Å². The summed E-state index contributed by atoms with van der Waals surface area (Å²) >= 11 is 0. The summed E-state index contributed by atoms with van der Waals surface area (Å²) in [7, 11) is 0. The zero-order chi connectivity index (χ0) is 15.1. The summed E-state index contributed by atoms with van der Waals surface area (Å²) in [5.41, 5.74) is 0.654. The second kappa shape index (κ2) is 7.09. The van der Waals surface area contributed by atoms with Gasteiger partial charge in [0.05, 0.1) is 12.8 Å². The van der Waals surface area contributed by atoms with Crippen LogP contribution in [0.25, 0.3) is 6.08 Å². The first-order valence-corrected chi connectivity index (χ1v) is 6.44. The summed E-state index contributed by atoms with van der Waals surface area (Å²) < 4.78 is 11.0. The van der Waals surface area contributed by atoms with Gasteiger partial charge in [0, 0.05) is 12.3 Å². The van der Waals surface area contributed by atoms with E-state index in [4.69, 9.17) is 14.6 Å². The Balaban J connectivity index is 2.08.